The lowest BCUT2D eigenvalue weighted by Gasteiger charge is -2.13. The van der Waals surface area contributed by atoms with Gasteiger partial charge in [-0.2, -0.15) is 0 Å². The Kier molecular flexibility index (Phi) is 2.85. The third kappa shape index (κ3) is 2.09. The molecule has 0 radical (unpaired) electrons. The molecule has 0 aliphatic rings. The molecule has 0 saturated heterocycles. The lowest BCUT2D eigenvalue weighted by atomic mass is 9.96. The first-order valence-electron chi connectivity index (χ1n) is 6.71. The van der Waals surface area contributed by atoms with Crippen molar-refractivity contribution in [3.8, 4) is 11.1 Å². The molecule has 1 heterocycles. The Morgan fingerprint density at radius 1 is 0.950 bits per heavy atom. The lowest BCUT2D eigenvalue weighted by molar-refractivity contribution is 0.554. The van der Waals surface area contributed by atoms with Crippen molar-refractivity contribution in [2.75, 3.05) is 0 Å². The molecule has 0 spiro atoms. The van der Waals surface area contributed by atoms with Crippen LogP contribution in [0.15, 0.2) is 42.5 Å². The summed E-state index contributed by atoms with van der Waals surface area (Å²) in [5.74, 6) is 0.691. The SMILES string of the molecule is CC(C)(C)c1nc2c(-c3ccccc3F)cccc2[nH]1. The number of nitrogens with zero attached hydrogens (tertiary/aromatic N) is 1. The minimum Gasteiger partial charge on any atom is -0.342 e. The van der Waals surface area contributed by atoms with Crippen molar-refractivity contribution >= 4 is 11.0 Å². The molecule has 20 heavy (non-hydrogen) atoms. The Labute approximate surface area is 117 Å². The number of aromatic amines is 1. The Bertz CT molecular complexity index is 766. The average molecular weight is 268 g/mol. The molecule has 0 bridgehead atoms. The molecule has 3 rings (SSSR count). The maximum Gasteiger partial charge on any atom is 0.131 e. The number of benzene rings is 2. The minimum absolute atomic E-state index is 0.0640. The van der Waals surface area contributed by atoms with Gasteiger partial charge in [0.05, 0.1) is 11.0 Å². The molecule has 3 heteroatoms. The molecule has 0 unspecified atom stereocenters. The summed E-state index contributed by atoms with van der Waals surface area (Å²) in [6.07, 6.45) is 0. The van der Waals surface area contributed by atoms with E-state index >= 15 is 0 Å². The summed E-state index contributed by atoms with van der Waals surface area (Å²) in [7, 11) is 0. The smallest absolute Gasteiger partial charge is 0.131 e. The molecule has 3 aromatic rings. The number of hydrogen-bond donors (Lipinski definition) is 1. The molecule has 0 aliphatic heterocycles. The number of hydrogen-bond acceptors (Lipinski definition) is 1. The van der Waals surface area contributed by atoms with Crippen LogP contribution in [0.25, 0.3) is 22.2 Å². The largest absolute Gasteiger partial charge is 0.342 e. The van der Waals surface area contributed by atoms with Gasteiger partial charge in [0, 0.05) is 16.5 Å². The zero-order chi connectivity index (χ0) is 14.3. The van der Waals surface area contributed by atoms with Crippen molar-refractivity contribution in [2.24, 2.45) is 0 Å². The maximum atomic E-state index is 14.0. The van der Waals surface area contributed by atoms with Gasteiger partial charge in [-0.1, -0.05) is 51.1 Å². The highest BCUT2D eigenvalue weighted by Crippen LogP contribution is 2.31. The van der Waals surface area contributed by atoms with Crippen molar-refractivity contribution in [1.82, 2.24) is 9.97 Å². The van der Waals surface area contributed by atoms with Gasteiger partial charge < -0.3 is 4.98 Å². The van der Waals surface area contributed by atoms with Crippen LogP contribution < -0.4 is 0 Å². The first kappa shape index (κ1) is 12.9. The van der Waals surface area contributed by atoms with E-state index in [9.17, 15) is 4.39 Å². The highest BCUT2D eigenvalue weighted by atomic mass is 19.1. The third-order valence-corrected chi connectivity index (χ3v) is 3.39. The zero-order valence-corrected chi connectivity index (χ0v) is 11.9. The van der Waals surface area contributed by atoms with Gasteiger partial charge >= 0.3 is 0 Å². The van der Waals surface area contributed by atoms with Crippen LogP contribution in [0.1, 0.15) is 26.6 Å². The monoisotopic (exact) mass is 268 g/mol. The Balaban J connectivity index is 2.27. The highest BCUT2D eigenvalue weighted by Gasteiger charge is 2.20. The number of imidazole rings is 1. The second-order valence-corrected chi connectivity index (χ2v) is 6.02. The van der Waals surface area contributed by atoms with Crippen LogP contribution in [0.2, 0.25) is 0 Å². The van der Waals surface area contributed by atoms with Crippen molar-refractivity contribution in [2.45, 2.75) is 26.2 Å². The van der Waals surface area contributed by atoms with Crippen molar-refractivity contribution < 1.29 is 4.39 Å². The molecule has 2 nitrogen and oxygen atoms in total. The molecular formula is C17H17FN2. The molecule has 0 saturated carbocycles. The number of para-hydroxylation sites is 1. The van der Waals surface area contributed by atoms with E-state index in [0.29, 0.717) is 5.56 Å². The van der Waals surface area contributed by atoms with Crippen LogP contribution in [-0.4, -0.2) is 9.97 Å². The van der Waals surface area contributed by atoms with E-state index < -0.39 is 0 Å². The summed E-state index contributed by atoms with van der Waals surface area (Å²) in [4.78, 5) is 8.01. The molecular weight excluding hydrogens is 251 g/mol. The molecule has 2 aromatic carbocycles. The summed E-state index contributed by atoms with van der Waals surface area (Å²) >= 11 is 0. The number of H-pyrrole nitrogens is 1. The Hall–Kier alpha value is -2.16. The lowest BCUT2D eigenvalue weighted by Crippen LogP contribution is -2.12. The van der Waals surface area contributed by atoms with E-state index in [1.54, 1.807) is 12.1 Å². The molecule has 0 aliphatic carbocycles. The molecule has 0 atom stereocenters. The van der Waals surface area contributed by atoms with Crippen LogP contribution in [0.4, 0.5) is 4.39 Å². The van der Waals surface area contributed by atoms with E-state index in [2.05, 4.69) is 30.7 Å². The van der Waals surface area contributed by atoms with Gasteiger partial charge in [-0.05, 0) is 12.1 Å². The standard InChI is InChI=1S/C17H17FN2/c1-17(2,3)16-19-14-10-6-8-12(15(14)20-16)11-7-4-5-9-13(11)18/h4-10H,1-3H3,(H,19,20). The van der Waals surface area contributed by atoms with Crippen LogP contribution in [0, 0.1) is 5.82 Å². The van der Waals surface area contributed by atoms with Gasteiger partial charge in [-0.15, -0.1) is 0 Å². The van der Waals surface area contributed by atoms with Gasteiger partial charge in [-0.25, -0.2) is 9.37 Å². The summed E-state index contributed by atoms with van der Waals surface area (Å²) in [5, 5.41) is 0. The number of fused-ring (bicyclic) bond motifs is 1. The normalized spacial score (nSPS) is 12.0. The van der Waals surface area contributed by atoms with E-state index in [4.69, 9.17) is 0 Å². The fourth-order valence-electron chi connectivity index (χ4n) is 2.28. The first-order chi connectivity index (χ1) is 9.47. The Morgan fingerprint density at radius 3 is 2.35 bits per heavy atom. The molecule has 1 N–H and O–H groups in total. The van der Waals surface area contributed by atoms with Crippen LogP contribution in [0.5, 0.6) is 0 Å². The topological polar surface area (TPSA) is 28.7 Å². The summed E-state index contributed by atoms with van der Waals surface area (Å²) in [5.41, 5.74) is 3.11. The second kappa shape index (κ2) is 4.44. The number of aromatic nitrogens is 2. The van der Waals surface area contributed by atoms with Crippen molar-refractivity contribution in [3.05, 3.63) is 54.1 Å². The fourth-order valence-corrected chi connectivity index (χ4v) is 2.28. The average Bonchev–Trinajstić information content (AvgIpc) is 2.83. The van der Waals surface area contributed by atoms with Crippen LogP contribution in [-0.2, 0) is 5.41 Å². The quantitative estimate of drug-likeness (QED) is 0.682. The van der Waals surface area contributed by atoms with Gasteiger partial charge in [-0.3, -0.25) is 0 Å². The number of rotatable bonds is 1. The number of nitrogens with one attached hydrogen (secondary N) is 1. The third-order valence-electron chi connectivity index (χ3n) is 3.39. The fraction of sp³-hybridized carbons (Fsp3) is 0.235. The summed E-state index contributed by atoms with van der Waals surface area (Å²) in [6.45, 7) is 6.31. The second-order valence-electron chi connectivity index (χ2n) is 6.02. The van der Waals surface area contributed by atoms with E-state index in [1.807, 2.05) is 24.3 Å². The summed E-state index contributed by atoms with van der Waals surface area (Å²) < 4.78 is 14.0. The Morgan fingerprint density at radius 2 is 1.65 bits per heavy atom. The predicted octanol–water partition coefficient (Wildman–Crippen LogP) is 4.67. The van der Waals surface area contributed by atoms with E-state index in [0.717, 1.165) is 22.4 Å². The van der Waals surface area contributed by atoms with Gasteiger partial charge in [0.1, 0.15) is 11.6 Å². The first-order valence-corrected chi connectivity index (χ1v) is 6.71. The van der Waals surface area contributed by atoms with E-state index in [1.165, 1.54) is 6.07 Å². The predicted molar refractivity (Wildman–Crippen MR) is 80.2 cm³/mol. The molecule has 0 amide bonds. The highest BCUT2D eigenvalue weighted by molar-refractivity contribution is 5.92. The van der Waals surface area contributed by atoms with Crippen LogP contribution >= 0.6 is 0 Å². The molecule has 102 valence electrons. The minimum atomic E-state index is -0.222. The number of halogens is 1. The maximum absolute atomic E-state index is 14.0. The van der Waals surface area contributed by atoms with Gasteiger partial charge in [0.25, 0.3) is 0 Å². The van der Waals surface area contributed by atoms with Crippen LogP contribution in [0.3, 0.4) is 0 Å². The molecule has 0 fully saturated rings. The van der Waals surface area contributed by atoms with Crippen molar-refractivity contribution in [3.63, 3.8) is 0 Å². The molecule has 1 aromatic heterocycles. The summed E-state index contributed by atoms with van der Waals surface area (Å²) in [6, 6.07) is 12.6. The van der Waals surface area contributed by atoms with E-state index in [-0.39, 0.29) is 11.2 Å². The zero-order valence-electron chi connectivity index (χ0n) is 11.9. The van der Waals surface area contributed by atoms with Gasteiger partial charge in [0.2, 0.25) is 0 Å². The van der Waals surface area contributed by atoms with Gasteiger partial charge in [0.15, 0.2) is 0 Å². The van der Waals surface area contributed by atoms with Crippen molar-refractivity contribution in [1.29, 1.82) is 0 Å².